The van der Waals surface area contributed by atoms with Crippen molar-refractivity contribution in [2.75, 3.05) is 45.2 Å². The van der Waals surface area contributed by atoms with E-state index in [1.807, 2.05) is 36.1 Å². The number of amides is 2. The van der Waals surface area contributed by atoms with E-state index in [4.69, 9.17) is 4.74 Å². The highest BCUT2D eigenvalue weighted by Crippen LogP contribution is 2.15. The Morgan fingerprint density at radius 3 is 2.30 bits per heavy atom. The number of piperazine rings is 1. The van der Waals surface area contributed by atoms with Gasteiger partial charge in [0.1, 0.15) is 5.75 Å². The third-order valence-corrected chi connectivity index (χ3v) is 4.78. The molecular weight excluding hydrogens is 342 g/mol. The van der Waals surface area contributed by atoms with Gasteiger partial charge in [0.2, 0.25) is 5.91 Å². The minimum atomic E-state index is -0.0285. The van der Waals surface area contributed by atoms with Gasteiger partial charge in [-0.25, -0.2) is 0 Å². The molecule has 1 saturated heterocycles. The summed E-state index contributed by atoms with van der Waals surface area (Å²) in [7, 11) is 1.60. The number of nitrogens with one attached hydrogen (secondary N) is 1. The number of para-hydroxylation sites is 1. The van der Waals surface area contributed by atoms with Crippen LogP contribution in [-0.4, -0.2) is 61.4 Å². The van der Waals surface area contributed by atoms with Crippen molar-refractivity contribution in [3.63, 3.8) is 0 Å². The lowest BCUT2D eigenvalue weighted by Crippen LogP contribution is -2.50. The molecule has 1 fully saturated rings. The monoisotopic (exact) mass is 367 g/mol. The highest BCUT2D eigenvalue weighted by atomic mass is 16.5. The molecule has 27 heavy (non-hydrogen) atoms. The van der Waals surface area contributed by atoms with E-state index in [1.54, 1.807) is 31.4 Å². The topological polar surface area (TPSA) is 61.9 Å². The Morgan fingerprint density at radius 1 is 1.00 bits per heavy atom. The summed E-state index contributed by atoms with van der Waals surface area (Å²) in [6.07, 6.45) is 0. The number of ether oxygens (including phenoxy) is 1. The van der Waals surface area contributed by atoms with Crippen LogP contribution in [0.2, 0.25) is 0 Å². The second-order valence-electron chi connectivity index (χ2n) is 6.66. The minimum Gasteiger partial charge on any atom is -0.497 e. The quantitative estimate of drug-likeness (QED) is 0.882. The Bertz CT molecular complexity index is 797. The molecule has 1 N–H and O–H groups in total. The molecular formula is C21H25N3O3. The number of aryl methyl sites for hydroxylation is 1. The molecule has 0 radical (unpaired) electrons. The molecule has 0 unspecified atom stereocenters. The first-order valence-electron chi connectivity index (χ1n) is 9.08. The van der Waals surface area contributed by atoms with Gasteiger partial charge in [0.15, 0.2) is 0 Å². The summed E-state index contributed by atoms with van der Waals surface area (Å²) in [5.41, 5.74) is 2.54. The molecule has 6 heteroatoms. The van der Waals surface area contributed by atoms with Crippen molar-refractivity contribution < 1.29 is 14.3 Å². The molecule has 0 bridgehead atoms. The van der Waals surface area contributed by atoms with Gasteiger partial charge in [0.05, 0.1) is 13.7 Å². The number of benzene rings is 2. The number of hydrogen-bond donors (Lipinski definition) is 1. The van der Waals surface area contributed by atoms with E-state index in [0.29, 0.717) is 38.3 Å². The van der Waals surface area contributed by atoms with E-state index < -0.39 is 0 Å². The number of hydrogen-bond acceptors (Lipinski definition) is 4. The molecule has 1 aliphatic heterocycles. The molecule has 0 atom stereocenters. The number of rotatable bonds is 5. The maximum absolute atomic E-state index is 12.6. The minimum absolute atomic E-state index is 0.0154. The summed E-state index contributed by atoms with van der Waals surface area (Å²) in [6, 6.07) is 14.9. The second-order valence-corrected chi connectivity index (χ2v) is 6.66. The highest BCUT2D eigenvalue weighted by molar-refractivity contribution is 5.94. The normalized spacial score (nSPS) is 14.7. The maximum Gasteiger partial charge on any atom is 0.253 e. The van der Waals surface area contributed by atoms with Crippen molar-refractivity contribution in [3.8, 4) is 5.75 Å². The first kappa shape index (κ1) is 18.9. The zero-order valence-electron chi connectivity index (χ0n) is 15.8. The predicted octanol–water partition coefficient (Wildman–Crippen LogP) is 2.40. The van der Waals surface area contributed by atoms with E-state index in [2.05, 4.69) is 10.2 Å². The van der Waals surface area contributed by atoms with Gasteiger partial charge >= 0.3 is 0 Å². The average molecular weight is 367 g/mol. The molecule has 6 nitrogen and oxygen atoms in total. The smallest absolute Gasteiger partial charge is 0.253 e. The second kappa shape index (κ2) is 8.68. The van der Waals surface area contributed by atoms with Crippen molar-refractivity contribution in [2.24, 2.45) is 0 Å². The highest BCUT2D eigenvalue weighted by Gasteiger charge is 2.23. The number of methoxy groups -OCH3 is 1. The Hall–Kier alpha value is -2.86. The van der Waals surface area contributed by atoms with Crippen LogP contribution in [0, 0.1) is 6.92 Å². The molecule has 0 spiro atoms. The van der Waals surface area contributed by atoms with E-state index in [0.717, 1.165) is 17.0 Å². The Labute approximate surface area is 159 Å². The maximum atomic E-state index is 12.6. The Balaban J connectivity index is 1.48. The van der Waals surface area contributed by atoms with E-state index in [1.165, 1.54) is 0 Å². The van der Waals surface area contributed by atoms with Crippen LogP contribution < -0.4 is 10.1 Å². The van der Waals surface area contributed by atoms with Gasteiger partial charge < -0.3 is 15.0 Å². The predicted molar refractivity (Wildman–Crippen MR) is 105 cm³/mol. The lowest BCUT2D eigenvalue weighted by atomic mass is 10.1. The number of carbonyl (C=O) groups excluding carboxylic acids is 2. The van der Waals surface area contributed by atoms with Crippen LogP contribution in [0.3, 0.4) is 0 Å². The van der Waals surface area contributed by atoms with E-state index in [-0.39, 0.29) is 11.8 Å². The molecule has 2 aromatic rings. The lowest BCUT2D eigenvalue weighted by Gasteiger charge is -2.34. The summed E-state index contributed by atoms with van der Waals surface area (Å²) >= 11 is 0. The molecule has 2 amide bonds. The van der Waals surface area contributed by atoms with Gasteiger partial charge in [0, 0.05) is 37.4 Å². The van der Waals surface area contributed by atoms with Gasteiger partial charge in [-0.2, -0.15) is 0 Å². The van der Waals surface area contributed by atoms with Crippen molar-refractivity contribution >= 4 is 17.5 Å². The molecule has 142 valence electrons. The molecule has 0 saturated carbocycles. The van der Waals surface area contributed by atoms with Crippen molar-refractivity contribution in [1.29, 1.82) is 0 Å². The third-order valence-electron chi connectivity index (χ3n) is 4.78. The third kappa shape index (κ3) is 4.86. The molecule has 0 aliphatic carbocycles. The lowest BCUT2D eigenvalue weighted by molar-refractivity contribution is -0.117. The number of nitrogens with zero attached hydrogens (tertiary/aromatic N) is 2. The summed E-state index contributed by atoms with van der Waals surface area (Å²) in [5, 5.41) is 2.96. The van der Waals surface area contributed by atoms with Crippen molar-refractivity contribution in [2.45, 2.75) is 6.92 Å². The van der Waals surface area contributed by atoms with Crippen molar-refractivity contribution in [1.82, 2.24) is 9.80 Å². The van der Waals surface area contributed by atoms with Crippen LogP contribution in [0.5, 0.6) is 5.75 Å². The summed E-state index contributed by atoms with van der Waals surface area (Å²) < 4.78 is 5.13. The number of carbonyl (C=O) groups is 2. The van der Waals surface area contributed by atoms with Crippen LogP contribution in [0.25, 0.3) is 0 Å². The van der Waals surface area contributed by atoms with E-state index in [9.17, 15) is 9.59 Å². The fourth-order valence-electron chi connectivity index (χ4n) is 3.13. The van der Waals surface area contributed by atoms with Crippen LogP contribution in [-0.2, 0) is 4.79 Å². The Kier molecular flexibility index (Phi) is 6.08. The zero-order valence-corrected chi connectivity index (χ0v) is 15.8. The first-order chi connectivity index (χ1) is 13.1. The SMILES string of the molecule is COc1ccc(C(=O)N2CCN(CC(=O)Nc3ccccc3C)CC2)cc1. The van der Waals surface area contributed by atoms with Crippen molar-refractivity contribution in [3.05, 3.63) is 59.7 Å². The number of anilines is 1. The molecule has 1 heterocycles. The summed E-state index contributed by atoms with van der Waals surface area (Å²) in [4.78, 5) is 28.8. The summed E-state index contributed by atoms with van der Waals surface area (Å²) in [5.74, 6) is 0.719. The van der Waals surface area contributed by atoms with Gasteiger partial charge in [0.25, 0.3) is 5.91 Å². The first-order valence-corrected chi connectivity index (χ1v) is 9.08. The van der Waals surface area contributed by atoms with Gasteiger partial charge in [-0.15, -0.1) is 0 Å². The standard InChI is InChI=1S/C21H25N3O3/c1-16-5-3-4-6-19(16)22-20(25)15-23-11-13-24(14-12-23)21(26)17-7-9-18(27-2)10-8-17/h3-10H,11-15H2,1-2H3,(H,22,25). The largest absolute Gasteiger partial charge is 0.497 e. The molecule has 0 aromatic heterocycles. The fourth-order valence-corrected chi connectivity index (χ4v) is 3.13. The summed E-state index contributed by atoms with van der Waals surface area (Å²) in [6.45, 7) is 4.90. The van der Waals surface area contributed by atoms with Gasteiger partial charge in [-0.3, -0.25) is 14.5 Å². The van der Waals surface area contributed by atoms with Crippen LogP contribution >= 0.6 is 0 Å². The Morgan fingerprint density at radius 2 is 1.67 bits per heavy atom. The molecule has 2 aromatic carbocycles. The zero-order chi connectivity index (χ0) is 19.2. The van der Waals surface area contributed by atoms with Gasteiger partial charge in [-0.1, -0.05) is 18.2 Å². The van der Waals surface area contributed by atoms with E-state index >= 15 is 0 Å². The fraction of sp³-hybridized carbons (Fsp3) is 0.333. The average Bonchev–Trinajstić information content (AvgIpc) is 2.70. The molecule has 3 rings (SSSR count). The van der Waals surface area contributed by atoms with Crippen LogP contribution in [0.1, 0.15) is 15.9 Å². The van der Waals surface area contributed by atoms with Crippen LogP contribution in [0.15, 0.2) is 48.5 Å². The van der Waals surface area contributed by atoms with Gasteiger partial charge in [-0.05, 0) is 42.8 Å². The molecule has 1 aliphatic rings. The van der Waals surface area contributed by atoms with Crippen LogP contribution in [0.4, 0.5) is 5.69 Å².